The Balaban J connectivity index is 2.00. The van der Waals surface area contributed by atoms with Crippen molar-refractivity contribution in [1.29, 1.82) is 0 Å². The number of allylic oxidation sites excluding steroid dienone is 2. The molecule has 1 aromatic carbocycles. The standard InChI is InChI=1S/C13H11N3O/c17-13-9-4-2-1-3-7(9)8-5-6-10-12(11(8)13)15-16-14-10/h1-5,10,14-16H,6H2. The second-order valence-corrected chi connectivity index (χ2v) is 4.46. The largest absolute Gasteiger partial charge is 0.310 e. The van der Waals surface area contributed by atoms with E-state index in [4.69, 9.17) is 0 Å². The van der Waals surface area contributed by atoms with Crippen molar-refractivity contribution in [3.05, 3.63) is 52.7 Å². The first kappa shape index (κ1) is 9.15. The van der Waals surface area contributed by atoms with Gasteiger partial charge in [-0.2, -0.15) is 5.53 Å². The van der Waals surface area contributed by atoms with Crippen LogP contribution in [-0.2, 0) is 0 Å². The van der Waals surface area contributed by atoms with Crippen LogP contribution in [-0.4, -0.2) is 11.8 Å². The number of ketones is 1. The van der Waals surface area contributed by atoms with Gasteiger partial charge in [0.25, 0.3) is 0 Å². The number of hydrazine groups is 2. The van der Waals surface area contributed by atoms with Gasteiger partial charge in [-0.05, 0) is 17.6 Å². The Hall–Kier alpha value is -1.91. The van der Waals surface area contributed by atoms with Crippen molar-refractivity contribution in [2.24, 2.45) is 0 Å². The lowest BCUT2D eigenvalue weighted by Crippen LogP contribution is -2.33. The summed E-state index contributed by atoms with van der Waals surface area (Å²) < 4.78 is 0. The Kier molecular flexibility index (Phi) is 1.65. The third kappa shape index (κ3) is 1.06. The Bertz CT molecular complexity index is 600. The lowest BCUT2D eigenvalue weighted by Gasteiger charge is -2.17. The van der Waals surface area contributed by atoms with E-state index >= 15 is 0 Å². The maximum absolute atomic E-state index is 12.4. The molecule has 1 fully saturated rings. The highest BCUT2D eigenvalue weighted by Gasteiger charge is 2.38. The van der Waals surface area contributed by atoms with Crippen molar-refractivity contribution in [2.75, 3.05) is 0 Å². The molecule has 0 amide bonds. The fraction of sp³-hybridized carbons (Fsp3) is 0.154. The Morgan fingerprint density at radius 1 is 1.18 bits per heavy atom. The Labute approximate surface area is 98.3 Å². The lowest BCUT2D eigenvalue weighted by molar-refractivity contribution is 0.104. The topological polar surface area (TPSA) is 53.2 Å². The minimum Gasteiger partial charge on any atom is -0.310 e. The van der Waals surface area contributed by atoms with Gasteiger partial charge in [0.05, 0.1) is 17.3 Å². The summed E-state index contributed by atoms with van der Waals surface area (Å²) in [7, 11) is 0. The molecule has 0 bridgehead atoms. The number of carbonyl (C=O) groups is 1. The quantitative estimate of drug-likeness (QED) is 0.614. The van der Waals surface area contributed by atoms with Gasteiger partial charge in [0.1, 0.15) is 0 Å². The molecule has 1 atom stereocenters. The van der Waals surface area contributed by atoms with Crippen molar-refractivity contribution in [3.8, 4) is 0 Å². The van der Waals surface area contributed by atoms with Gasteiger partial charge < -0.3 is 5.43 Å². The van der Waals surface area contributed by atoms with Crippen LogP contribution in [0, 0.1) is 0 Å². The summed E-state index contributed by atoms with van der Waals surface area (Å²) in [6.45, 7) is 0. The SMILES string of the molecule is O=C1C2=C3NNNC3CC=C2c2ccccc21. The zero-order chi connectivity index (χ0) is 11.4. The van der Waals surface area contributed by atoms with E-state index in [9.17, 15) is 4.79 Å². The van der Waals surface area contributed by atoms with Crippen LogP contribution in [0.5, 0.6) is 0 Å². The first-order chi connectivity index (χ1) is 8.36. The zero-order valence-corrected chi connectivity index (χ0v) is 9.08. The van der Waals surface area contributed by atoms with E-state index in [1.165, 1.54) is 0 Å². The second kappa shape index (κ2) is 3.06. The molecule has 1 saturated heterocycles. The van der Waals surface area contributed by atoms with Crippen LogP contribution in [0.15, 0.2) is 41.6 Å². The number of nitrogens with one attached hydrogen (secondary N) is 3. The van der Waals surface area contributed by atoms with Crippen LogP contribution in [0.25, 0.3) is 5.57 Å². The molecule has 1 aromatic rings. The van der Waals surface area contributed by atoms with Gasteiger partial charge in [-0.3, -0.25) is 4.79 Å². The van der Waals surface area contributed by atoms with Gasteiger partial charge in [0.2, 0.25) is 0 Å². The van der Waals surface area contributed by atoms with Crippen LogP contribution < -0.4 is 16.4 Å². The van der Waals surface area contributed by atoms with Crippen LogP contribution >= 0.6 is 0 Å². The molecule has 0 radical (unpaired) electrons. The molecular formula is C13H11N3O. The monoisotopic (exact) mass is 225 g/mol. The first-order valence-electron chi connectivity index (χ1n) is 5.71. The highest BCUT2D eigenvalue weighted by molar-refractivity contribution is 6.27. The normalized spacial score (nSPS) is 25.1. The number of rotatable bonds is 0. The van der Waals surface area contributed by atoms with Crippen molar-refractivity contribution in [1.82, 2.24) is 16.4 Å². The molecule has 4 nitrogen and oxygen atoms in total. The van der Waals surface area contributed by atoms with E-state index in [-0.39, 0.29) is 11.8 Å². The van der Waals surface area contributed by atoms with E-state index in [2.05, 4.69) is 22.5 Å². The third-order valence-electron chi connectivity index (χ3n) is 3.58. The number of benzene rings is 1. The summed E-state index contributed by atoms with van der Waals surface area (Å²) in [5.74, 6) is 0.129. The number of carbonyl (C=O) groups excluding carboxylic acids is 1. The van der Waals surface area contributed by atoms with E-state index in [1.807, 2.05) is 24.3 Å². The highest BCUT2D eigenvalue weighted by atomic mass is 16.1. The molecule has 3 aliphatic rings. The van der Waals surface area contributed by atoms with Gasteiger partial charge in [-0.1, -0.05) is 30.3 Å². The Morgan fingerprint density at radius 3 is 2.88 bits per heavy atom. The summed E-state index contributed by atoms with van der Waals surface area (Å²) in [5.41, 5.74) is 13.8. The summed E-state index contributed by atoms with van der Waals surface area (Å²) in [6, 6.07) is 7.99. The molecule has 1 aliphatic heterocycles. The van der Waals surface area contributed by atoms with Crippen LogP contribution in [0.4, 0.5) is 0 Å². The average Bonchev–Trinajstić information content (AvgIpc) is 2.93. The third-order valence-corrected chi connectivity index (χ3v) is 3.58. The molecule has 84 valence electrons. The highest BCUT2D eigenvalue weighted by Crippen LogP contribution is 2.41. The number of Topliss-reactive ketones (excluding diaryl/α,β-unsaturated/α-hetero) is 1. The first-order valence-corrected chi connectivity index (χ1v) is 5.71. The van der Waals surface area contributed by atoms with Crippen molar-refractivity contribution >= 4 is 11.4 Å². The lowest BCUT2D eigenvalue weighted by atomic mass is 9.92. The van der Waals surface area contributed by atoms with Crippen molar-refractivity contribution in [3.63, 3.8) is 0 Å². The minimum atomic E-state index is 0.129. The second-order valence-electron chi connectivity index (χ2n) is 4.46. The smallest absolute Gasteiger partial charge is 0.196 e. The summed E-state index contributed by atoms with van der Waals surface area (Å²) in [5, 5.41) is 0. The Morgan fingerprint density at radius 2 is 2.00 bits per heavy atom. The molecule has 4 heteroatoms. The van der Waals surface area contributed by atoms with Gasteiger partial charge >= 0.3 is 0 Å². The molecule has 4 rings (SSSR count). The predicted octanol–water partition coefficient (Wildman–Crippen LogP) is 0.905. The van der Waals surface area contributed by atoms with Gasteiger partial charge in [-0.25, -0.2) is 5.43 Å². The van der Waals surface area contributed by atoms with Crippen LogP contribution in [0.1, 0.15) is 22.3 Å². The fourth-order valence-corrected chi connectivity index (χ4v) is 2.79. The average molecular weight is 225 g/mol. The molecule has 2 aliphatic carbocycles. The summed E-state index contributed by atoms with van der Waals surface area (Å²) >= 11 is 0. The molecule has 3 N–H and O–H groups in total. The minimum absolute atomic E-state index is 0.129. The molecule has 0 spiro atoms. The van der Waals surface area contributed by atoms with E-state index < -0.39 is 0 Å². The maximum atomic E-state index is 12.4. The van der Waals surface area contributed by atoms with E-state index in [0.29, 0.717) is 0 Å². The van der Waals surface area contributed by atoms with Gasteiger partial charge in [0, 0.05) is 5.56 Å². The van der Waals surface area contributed by atoms with Gasteiger partial charge in [-0.15, -0.1) is 0 Å². The van der Waals surface area contributed by atoms with E-state index in [1.54, 1.807) is 0 Å². The summed E-state index contributed by atoms with van der Waals surface area (Å²) in [4.78, 5) is 12.4. The molecule has 0 aromatic heterocycles. The number of hydrogen-bond acceptors (Lipinski definition) is 4. The summed E-state index contributed by atoms with van der Waals surface area (Å²) in [6.07, 6.45) is 3.05. The van der Waals surface area contributed by atoms with Crippen LogP contribution in [0.3, 0.4) is 0 Å². The number of hydrogen-bond donors (Lipinski definition) is 3. The van der Waals surface area contributed by atoms with Crippen molar-refractivity contribution < 1.29 is 4.79 Å². The van der Waals surface area contributed by atoms with Crippen LogP contribution in [0.2, 0.25) is 0 Å². The fourth-order valence-electron chi connectivity index (χ4n) is 2.79. The van der Waals surface area contributed by atoms with Gasteiger partial charge in [0.15, 0.2) is 5.78 Å². The maximum Gasteiger partial charge on any atom is 0.196 e. The molecule has 17 heavy (non-hydrogen) atoms. The molecule has 0 saturated carbocycles. The number of fused-ring (bicyclic) bond motifs is 4. The molecular weight excluding hydrogens is 214 g/mol. The molecule has 1 unspecified atom stereocenters. The van der Waals surface area contributed by atoms with Crippen molar-refractivity contribution in [2.45, 2.75) is 12.5 Å². The van der Waals surface area contributed by atoms with E-state index in [0.717, 1.165) is 34.4 Å². The zero-order valence-electron chi connectivity index (χ0n) is 9.08. The predicted molar refractivity (Wildman–Crippen MR) is 63.6 cm³/mol. The molecule has 1 heterocycles.